The lowest BCUT2D eigenvalue weighted by atomic mass is 10.1. The molecule has 0 aliphatic carbocycles. The number of nitrogens with zero attached hydrogens (tertiary/aromatic N) is 1. The quantitative estimate of drug-likeness (QED) is 0.689. The maximum absolute atomic E-state index is 12.4. The van der Waals surface area contributed by atoms with Crippen LogP contribution in [-0.2, 0) is 11.2 Å². The number of benzene rings is 2. The zero-order chi connectivity index (χ0) is 17.1. The van der Waals surface area contributed by atoms with Crippen LogP contribution in [0, 0.1) is 13.8 Å². The Labute approximate surface area is 149 Å². The van der Waals surface area contributed by atoms with Crippen LogP contribution in [0.25, 0.3) is 11.1 Å². The van der Waals surface area contributed by atoms with Gasteiger partial charge in [-0.15, -0.1) is 0 Å². The molecule has 1 heterocycles. The number of amides is 1. The van der Waals surface area contributed by atoms with Crippen molar-refractivity contribution >= 4 is 27.7 Å². The standard InChI is InChI=1S/C19H18BrN3O/c1-12-4-3-5-14(10-12)11-17(24)21-19-18(13(2)22-23-19)15-6-8-16(20)9-7-15/h3-10H,11H2,1-2H3,(H2,21,22,23,24). The molecule has 5 heteroatoms. The SMILES string of the molecule is Cc1cccc(CC(=O)Nc2n[nH]c(C)c2-c2ccc(Br)cc2)c1. The molecule has 0 unspecified atom stereocenters. The van der Waals surface area contributed by atoms with Crippen molar-refractivity contribution in [2.75, 3.05) is 5.32 Å². The van der Waals surface area contributed by atoms with Gasteiger partial charge in [0.05, 0.1) is 6.42 Å². The number of rotatable bonds is 4. The highest BCUT2D eigenvalue weighted by molar-refractivity contribution is 9.10. The van der Waals surface area contributed by atoms with Gasteiger partial charge in [-0.05, 0) is 37.1 Å². The summed E-state index contributed by atoms with van der Waals surface area (Å²) in [5, 5.41) is 10.1. The predicted molar refractivity (Wildman–Crippen MR) is 100.0 cm³/mol. The average molecular weight is 384 g/mol. The highest BCUT2D eigenvalue weighted by Gasteiger charge is 2.15. The lowest BCUT2D eigenvalue weighted by molar-refractivity contribution is -0.115. The molecule has 24 heavy (non-hydrogen) atoms. The van der Waals surface area contributed by atoms with Crippen molar-refractivity contribution in [2.24, 2.45) is 0 Å². The number of hydrogen-bond acceptors (Lipinski definition) is 2. The first-order valence-corrected chi connectivity index (χ1v) is 8.48. The fraction of sp³-hybridized carbons (Fsp3) is 0.158. The minimum Gasteiger partial charge on any atom is -0.308 e. The summed E-state index contributed by atoms with van der Waals surface area (Å²) >= 11 is 3.44. The van der Waals surface area contributed by atoms with Crippen molar-refractivity contribution in [3.63, 3.8) is 0 Å². The summed E-state index contributed by atoms with van der Waals surface area (Å²) in [5.74, 6) is 0.484. The summed E-state index contributed by atoms with van der Waals surface area (Å²) < 4.78 is 1.01. The normalized spacial score (nSPS) is 10.6. The van der Waals surface area contributed by atoms with E-state index in [0.717, 1.165) is 32.4 Å². The van der Waals surface area contributed by atoms with Crippen molar-refractivity contribution in [1.82, 2.24) is 10.2 Å². The van der Waals surface area contributed by atoms with Gasteiger partial charge in [-0.2, -0.15) is 5.10 Å². The van der Waals surface area contributed by atoms with E-state index in [1.807, 2.05) is 62.4 Å². The number of anilines is 1. The third kappa shape index (κ3) is 3.74. The Morgan fingerprint density at radius 3 is 2.62 bits per heavy atom. The summed E-state index contributed by atoms with van der Waals surface area (Å²) in [7, 11) is 0. The Morgan fingerprint density at radius 1 is 1.17 bits per heavy atom. The van der Waals surface area contributed by atoms with E-state index in [9.17, 15) is 4.79 Å². The first kappa shape index (κ1) is 16.5. The van der Waals surface area contributed by atoms with Gasteiger partial charge in [-0.25, -0.2) is 0 Å². The number of carbonyl (C=O) groups excluding carboxylic acids is 1. The topological polar surface area (TPSA) is 57.8 Å². The molecule has 1 amide bonds. The highest BCUT2D eigenvalue weighted by Crippen LogP contribution is 2.30. The highest BCUT2D eigenvalue weighted by atomic mass is 79.9. The van der Waals surface area contributed by atoms with Crippen molar-refractivity contribution in [1.29, 1.82) is 0 Å². The Kier molecular flexibility index (Phi) is 4.81. The Hall–Kier alpha value is -2.40. The minimum atomic E-state index is -0.0783. The molecule has 3 rings (SSSR count). The molecule has 1 aromatic heterocycles. The van der Waals surface area contributed by atoms with Gasteiger partial charge in [0.2, 0.25) is 5.91 Å². The van der Waals surface area contributed by atoms with Crippen LogP contribution in [0.4, 0.5) is 5.82 Å². The van der Waals surface area contributed by atoms with E-state index >= 15 is 0 Å². The second-order valence-corrected chi connectivity index (χ2v) is 6.71. The minimum absolute atomic E-state index is 0.0783. The zero-order valence-electron chi connectivity index (χ0n) is 13.6. The van der Waals surface area contributed by atoms with Crippen LogP contribution < -0.4 is 5.32 Å². The molecular weight excluding hydrogens is 366 g/mol. The summed E-state index contributed by atoms with van der Waals surface area (Å²) in [6.07, 6.45) is 0.327. The third-order valence-electron chi connectivity index (χ3n) is 3.79. The van der Waals surface area contributed by atoms with Crippen molar-refractivity contribution < 1.29 is 4.79 Å². The van der Waals surface area contributed by atoms with Gasteiger partial charge in [0.1, 0.15) is 0 Å². The van der Waals surface area contributed by atoms with Gasteiger partial charge in [0.15, 0.2) is 5.82 Å². The van der Waals surface area contributed by atoms with Crippen molar-refractivity contribution in [3.8, 4) is 11.1 Å². The molecule has 122 valence electrons. The molecule has 2 N–H and O–H groups in total. The monoisotopic (exact) mass is 383 g/mol. The van der Waals surface area contributed by atoms with E-state index in [2.05, 4.69) is 31.4 Å². The van der Waals surface area contributed by atoms with Crippen LogP contribution in [0.15, 0.2) is 53.0 Å². The second kappa shape index (κ2) is 7.01. The van der Waals surface area contributed by atoms with E-state index in [1.165, 1.54) is 0 Å². The number of aromatic nitrogens is 2. The zero-order valence-corrected chi connectivity index (χ0v) is 15.1. The predicted octanol–water partition coefficient (Wildman–Crippen LogP) is 4.64. The number of halogens is 1. The largest absolute Gasteiger partial charge is 0.308 e. The number of aryl methyl sites for hydroxylation is 2. The Morgan fingerprint density at radius 2 is 1.92 bits per heavy atom. The molecule has 0 saturated carbocycles. The summed E-state index contributed by atoms with van der Waals surface area (Å²) in [4.78, 5) is 12.4. The fourth-order valence-electron chi connectivity index (χ4n) is 2.67. The lowest BCUT2D eigenvalue weighted by Crippen LogP contribution is -2.15. The van der Waals surface area contributed by atoms with Gasteiger partial charge in [-0.3, -0.25) is 9.89 Å². The van der Waals surface area contributed by atoms with E-state index in [4.69, 9.17) is 0 Å². The summed E-state index contributed by atoms with van der Waals surface area (Å²) in [5.41, 5.74) is 4.98. The van der Waals surface area contributed by atoms with E-state index in [0.29, 0.717) is 12.2 Å². The van der Waals surface area contributed by atoms with Crippen LogP contribution in [-0.4, -0.2) is 16.1 Å². The summed E-state index contributed by atoms with van der Waals surface area (Å²) in [6.45, 7) is 3.96. The van der Waals surface area contributed by atoms with Crippen molar-refractivity contribution in [3.05, 3.63) is 69.8 Å². The maximum Gasteiger partial charge on any atom is 0.230 e. The first-order chi connectivity index (χ1) is 11.5. The van der Waals surface area contributed by atoms with Crippen LogP contribution in [0.3, 0.4) is 0 Å². The van der Waals surface area contributed by atoms with E-state index in [-0.39, 0.29) is 5.91 Å². The molecule has 0 saturated heterocycles. The van der Waals surface area contributed by atoms with Crippen molar-refractivity contribution in [2.45, 2.75) is 20.3 Å². The molecule has 0 bridgehead atoms. The smallest absolute Gasteiger partial charge is 0.230 e. The van der Waals surface area contributed by atoms with Gasteiger partial charge in [-0.1, -0.05) is 57.9 Å². The van der Waals surface area contributed by atoms with Crippen LogP contribution >= 0.6 is 15.9 Å². The van der Waals surface area contributed by atoms with Gasteiger partial charge < -0.3 is 5.32 Å². The maximum atomic E-state index is 12.4. The van der Waals surface area contributed by atoms with E-state index in [1.54, 1.807) is 0 Å². The van der Waals surface area contributed by atoms with Crippen LogP contribution in [0.5, 0.6) is 0 Å². The number of aromatic amines is 1. The molecular formula is C19H18BrN3O. The lowest BCUT2D eigenvalue weighted by Gasteiger charge is -2.07. The van der Waals surface area contributed by atoms with Gasteiger partial charge >= 0.3 is 0 Å². The third-order valence-corrected chi connectivity index (χ3v) is 4.31. The van der Waals surface area contributed by atoms with Crippen LogP contribution in [0.2, 0.25) is 0 Å². The van der Waals surface area contributed by atoms with Crippen LogP contribution in [0.1, 0.15) is 16.8 Å². The Bertz CT molecular complexity index is 869. The molecule has 0 aliphatic heterocycles. The molecule has 0 atom stereocenters. The molecule has 0 radical (unpaired) electrons. The molecule has 0 fully saturated rings. The number of carbonyl (C=O) groups is 1. The Balaban J connectivity index is 1.80. The number of nitrogens with one attached hydrogen (secondary N) is 2. The first-order valence-electron chi connectivity index (χ1n) is 7.69. The number of hydrogen-bond donors (Lipinski definition) is 2. The summed E-state index contributed by atoms with van der Waals surface area (Å²) in [6, 6.07) is 15.9. The molecule has 3 aromatic rings. The second-order valence-electron chi connectivity index (χ2n) is 5.79. The van der Waals surface area contributed by atoms with E-state index < -0.39 is 0 Å². The molecule has 0 aliphatic rings. The molecule has 4 nitrogen and oxygen atoms in total. The van der Waals surface area contributed by atoms with Gasteiger partial charge in [0, 0.05) is 15.7 Å². The molecule has 0 spiro atoms. The van der Waals surface area contributed by atoms with Gasteiger partial charge in [0.25, 0.3) is 0 Å². The number of H-pyrrole nitrogens is 1. The molecule has 2 aromatic carbocycles. The fourth-order valence-corrected chi connectivity index (χ4v) is 2.94. The average Bonchev–Trinajstić information content (AvgIpc) is 2.89.